The second-order valence-electron chi connectivity index (χ2n) is 6.59. The molecule has 0 saturated carbocycles. The van der Waals surface area contributed by atoms with Crippen molar-refractivity contribution in [3.8, 4) is 0 Å². The van der Waals surface area contributed by atoms with Gasteiger partial charge in [0, 0.05) is 0 Å². The molecule has 25 heavy (non-hydrogen) atoms. The normalized spacial score (nSPS) is 13.0. The lowest BCUT2D eigenvalue weighted by molar-refractivity contribution is -0.929. The molecule has 0 radical (unpaired) electrons. The summed E-state index contributed by atoms with van der Waals surface area (Å²) < 4.78 is 1.42. The van der Waals surface area contributed by atoms with Gasteiger partial charge in [-0.3, -0.25) is 4.90 Å². The minimum atomic E-state index is -0.764. The SMILES string of the molecule is CCCC[N+](CCCC)(CCCC)CCCC.[O-][N+]([O-])=C1N=NN=N1. The Morgan fingerprint density at radius 3 is 1.20 bits per heavy atom. The monoisotopic (exact) mass is 356 g/mol. The Hall–Kier alpha value is -1.57. The molecule has 0 fully saturated rings. The van der Waals surface area contributed by atoms with Gasteiger partial charge < -0.3 is 14.9 Å². The Morgan fingerprint density at radius 2 is 1.00 bits per heavy atom. The summed E-state index contributed by atoms with van der Waals surface area (Å²) in [5, 5.41) is 31.0. The van der Waals surface area contributed by atoms with Crippen LogP contribution in [0.25, 0.3) is 0 Å². The van der Waals surface area contributed by atoms with E-state index in [0.29, 0.717) is 0 Å². The molecule has 0 spiro atoms. The zero-order valence-corrected chi connectivity index (χ0v) is 16.5. The standard InChI is InChI=1S/C16H36N.CN5O2/c1-5-9-13-17(14-10-6-2,15-11-7-3)16-12-8-4;7-6(8)1-2-4-5-3-1/h5-16H2,1-4H3;/q+1;-1. The van der Waals surface area contributed by atoms with Crippen LogP contribution in [-0.2, 0) is 0 Å². The summed E-state index contributed by atoms with van der Waals surface area (Å²) in [5.74, 6) is -0.565. The molecular weight excluding hydrogens is 320 g/mol. The molecule has 0 amide bonds. The summed E-state index contributed by atoms with van der Waals surface area (Å²) in [6.07, 6.45) is 11.1. The van der Waals surface area contributed by atoms with Gasteiger partial charge in [0.15, 0.2) is 0 Å². The smallest absolute Gasteiger partial charge is 0.477 e. The van der Waals surface area contributed by atoms with Crippen LogP contribution in [0.15, 0.2) is 20.7 Å². The topological polar surface area (TPSA) is 98.6 Å². The van der Waals surface area contributed by atoms with Crippen LogP contribution in [0.4, 0.5) is 0 Å². The molecule has 1 heterocycles. The van der Waals surface area contributed by atoms with E-state index in [2.05, 4.69) is 48.4 Å². The van der Waals surface area contributed by atoms with Crippen molar-refractivity contribution in [2.45, 2.75) is 79.1 Å². The Labute approximate surface area is 152 Å². The summed E-state index contributed by atoms with van der Waals surface area (Å²) in [4.78, 5) is -0.764. The van der Waals surface area contributed by atoms with Crippen molar-refractivity contribution in [1.29, 1.82) is 0 Å². The van der Waals surface area contributed by atoms with Crippen LogP contribution >= 0.6 is 0 Å². The van der Waals surface area contributed by atoms with Crippen LogP contribution in [0.3, 0.4) is 0 Å². The Bertz CT molecular complexity index is 368. The molecule has 8 nitrogen and oxygen atoms in total. The van der Waals surface area contributed by atoms with E-state index in [9.17, 15) is 10.4 Å². The molecule has 0 atom stereocenters. The molecule has 0 aromatic rings. The second kappa shape index (κ2) is 14.7. The molecule has 146 valence electrons. The van der Waals surface area contributed by atoms with Gasteiger partial charge in [0.05, 0.1) is 46.9 Å². The maximum Gasteiger partial charge on any atom is 0.477 e. The summed E-state index contributed by atoms with van der Waals surface area (Å²) in [7, 11) is 0. The first-order valence-corrected chi connectivity index (χ1v) is 9.73. The highest BCUT2D eigenvalue weighted by molar-refractivity contribution is 5.76. The summed E-state index contributed by atoms with van der Waals surface area (Å²) >= 11 is 0. The number of hydrogen-bond donors (Lipinski definition) is 0. The lowest BCUT2D eigenvalue weighted by atomic mass is 10.1. The fraction of sp³-hybridized carbons (Fsp3) is 0.941. The Kier molecular flexibility index (Phi) is 13.8. The van der Waals surface area contributed by atoms with Crippen molar-refractivity contribution in [2.24, 2.45) is 20.7 Å². The summed E-state index contributed by atoms with van der Waals surface area (Å²) in [5.41, 5.74) is 0. The highest BCUT2D eigenvalue weighted by Crippen LogP contribution is 2.16. The zero-order valence-electron chi connectivity index (χ0n) is 16.5. The van der Waals surface area contributed by atoms with Crippen LogP contribution < -0.4 is 0 Å². The second-order valence-corrected chi connectivity index (χ2v) is 6.59. The molecule has 0 unspecified atom stereocenters. The van der Waals surface area contributed by atoms with E-state index in [1.807, 2.05) is 0 Å². The predicted molar refractivity (Wildman–Crippen MR) is 101 cm³/mol. The van der Waals surface area contributed by atoms with Crippen LogP contribution in [0.1, 0.15) is 79.1 Å². The number of guanidine groups is 1. The first-order chi connectivity index (χ1) is 12.0. The van der Waals surface area contributed by atoms with Crippen LogP contribution in [0, 0.1) is 10.4 Å². The van der Waals surface area contributed by atoms with E-state index in [-0.39, 0.29) is 0 Å². The summed E-state index contributed by atoms with van der Waals surface area (Å²) in [6, 6.07) is 0. The maximum atomic E-state index is 9.66. The minimum Gasteiger partial charge on any atom is -0.744 e. The fourth-order valence-electron chi connectivity index (χ4n) is 2.86. The quantitative estimate of drug-likeness (QED) is 0.273. The van der Waals surface area contributed by atoms with E-state index < -0.39 is 10.9 Å². The Morgan fingerprint density at radius 1 is 0.680 bits per heavy atom. The largest absolute Gasteiger partial charge is 0.744 e. The molecule has 0 aliphatic carbocycles. The molecule has 0 saturated heterocycles. The molecule has 0 N–H and O–H groups in total. The van der Waals surface area contributed by atoms with E-state index in [0.717, 1.165) is 0 Å². The van der Waals surface area contributed by atoms with Gasteiger partial charge in [-0.15, -0.1) is 0 Å². The number of hydrogen-bond acceptors (Lipinski definition) is 4. The summed E-state index contributed by atoms with van der Waals surface area (Å²) in [6.45, 7) is 15.0. The molecule has 1 aliphatic heterocycles. The third-order valence-electron chi connectivity index (χ3n) is 4.42. The zero-order chi connectivity index (χ0) is 19.0. The molecule has 8 heteroatoms. The van der Waals surface area contributed by atoms with Crippen LogP contribution in [-0.4, -0.2) is 41.5 Å². The van der Waals surface area contributed by atoms with Crippen molar-refractivity contribution < 1.29 is 9.39 Å². The van der Waals surface area contributed by atoms with Crippen molar-refractivity contribution >= 4 is 5.96 Å². The Balaban J connectivity index is 0.000000593. The van der Waals surface area contributed by atoms with Crippen molar-refractivity contribution in [2.75, 3.05) is 26.2 Å². The third-order valence-corrected chi connectivity index (χ3v) is 4.42. The highest BCUT2D eigenvalue weighted by atomic mass is 16.8. The molecular formula is C17H36N6O2. The predicted octanol–water partition coefficient (Wildman–Crippen LogP) is 5.19. The lowest BCUT2D eigenvalue weighted by Crippen LogP contribution is -2.50. The first kappa shape index (κ1) is 23.4. The average molecular weight is 357 g/mol. The van der Waals surface area contributed by atoms with Gasteiger partial charge in [-0.25, -0.2) is 0 Å². The highest BCUT2D eigenvalue weighted by Gasteiger charge is 2.24. The van der Waals surface area contributed by atoms with E-state index in [1.54, 1.807) is 0 Å². The van der Waals surface area contributed by atoms with Crippen molar-refractivity contribution in [3.63, 3.8) is 0 Å². The van der Waals surface area contributed by atoms with Gasteiger partial charge in [-0.2, -0.15) is 0 Å². The lowest BCUT2D eigenvalue weighted by Gasteiger charge is -2.39. The van der Waals surface area contributed by atoms with Gasteiger partial charge >= 0.3 is 5.96 Å². The van der Waals surface area contributed by atoms with Gasteiger partial charge in [0.2, 0.25) is 0 Å². The van der Waals surface area contributed by atoms with Gasteiger partial charge in [0.25, 0.3) is 0 Å². The van der Waals surface area contributed by atoms with Crippen LogP contribution in [0.2, 0.25) is 0 Å². The maximum absolute atomic E-state index is 9.66. The third kappa shape index (κ3) is 10.8. The van der Waals surface area contributed by atoms with Gasteiger partial charge in [-0.1, -0.05) is 53.4 Å². The molecule has 0 aromatic carbocycles. The van der Waals surface area contributed by atoms with Gasteiger partial charge in [-0.05, 0) is 25.7 Å². The van der Waals surface area contributed by atoms with E-state index in [4.69, 9.17) is 0 Å². The first-order valence-electron chi connectivity index (χ1n) is 9.73. The number of quaternary nitrogens is 1. The number of unbranched alkanes of at least 4 members (excludes halogenated alkanes) is 4. The van der Waals surface area contributed by atoms with Crippen LogP contribution in [0.5, 0.6) is 0 Å². The van der Waals surface area contributed by atoms with Gasteiger partial charge in [0.1, 0.15) is 0 Å². The fourth-order valence-corrected chi connectivity index (χ4v) is 2.86. The van der Waals surface area contributed by atoms with E-state index in [1.165, 1.54) is 82.0 Å². The molecule has 0 bridgehead atoms. The van der Waals surface area contributed by atoms with Crippen molar-refractivity contribution in [1.82, 2.24) is 0 Å². The molecule has 0 aromatic heterocycles. The minimum absolute atomic E-state index is 0.565. The average Bonchev–Trinajstić information content (AvgIpc) is 3.16. The molecule has 1 aliphatic rings. The number of rotatable bonds is 12. The van der Waals surface area contributed by atoms with E-state index >= 15 is 0 Å². The molecule has 1 rings (SSSR count). The number of nitrogens with zero attached hydrogens (tertiary/aromatic N) is 6. The van der Waals surface area contributed by atoms with Crippen molar-refractivity contribution in [3.05, 3.63) is 10.4 Å².